The topological polar surface area (TPSA) is 29.5 Å². The largest absolute Gasteiger partial charge is 0.490 e. The fourth-order valence-electron chi connectivity index (χ4n) is 3.64. The predicted molar refractivity (Wildman–Crippen MR) is 71.7 cm³/mol. The minimum Gasteiger partial charge on any atom is -0.490 e. The Kier molecular flexibility index (Phi) is 3.55. The summed E-state index contributed by atoms with van der Waals surface area (Å²) in [6.07, 6.45) is 7.86. The molecule has 0 saturated heterocycles. The van der Waals surface area contributed by atoms with Crippen molar-refractivity contribution in [3.8, 4) is 5.75 Å². The number of aliphatic hydroxyl groups excluding tert-OH is 1. The number of rotatable bonds is 4. The van der Waals surface area contributed by atoms with E-state index in [1.54, 1.807) is 0 Å². The third kappa shape index (κ3) is 2.69. The van der Waals surface area contributed by atoms with Gasteiger partial charge < -0.3 is 9.84 Å². The van der Waals surface area contributed by atoms with E-state index < -0.39 is 0 Å². The van der Waals surface area contributed by atoms with Gasteiger partial charge in [0.15, 0.2) is 0 Å². The van der Waals surface area contributed by atoms with E-state index in [0.29, 0.717) is 12.5 Å². The van der Waals surface area contributed by atoms with Gasteiger partial charge in [-0.1, -0.05) is 25.0 Å². The molecule has 2 bridgehead atoms. The SMILES string of the molecule is OCCc1cccc(O[C@@H]2C[C@@H]3CC[C@@H](C3)C2)c1. The first-order valence-electron chi connectivity index (χ1n) is 7.20. The van der Waals surface area contributed by atoms with Gasteiger partial charge in [-0.3, -0.25) is 0 Å². The van der Waals surface area contributed by atoms with Crippen LogP contribution in [-0.2, 0) is 6.42 Å². The van der Waals surface area contributed by atoms with Crippen molar-refractivity contribution < 1.29 is 9.84 Å². The Morgan fingerprint density at radius 2 is 1.89 bits per heavy atom. The number of hydrogen-bond donors (Lipinski definition) is 1. The Morgan fingerprint density at radius 3 is 2.61 bits per heavy atom. The van der Waals surface area contributed by atoms with Gasteiger partial charge in [0.25, 0.3) is 0 Å². The molecule has 2 heteroatoms. The van der Waals surface area contributed by atoms with Crippen molar-refractivity contribution in [2.45, 2.75) is 44.6 Å². The van der Waals surface area contributed by atoms with Crippen molar-refractivity contribution in [1.82, 2.24) is 0 Å². The van der Waals surface area contributed by atoms with Crippen molar-refractivity contribution in [2.24, 2.45) is 11.8 Å². The monoisotopic (exact) mass is 246 g/mol. The molecule has 3 rings (SSSR count). The molecule has 0 heterocycles. The zero-order valence-electron chi connectivity index (χ0n) is 10.8. The van der Waals surface area contributed by atoms with Crippen LogP contribution in [0.3, 0.4) is 0 Å². The lowest BCUT2D eigenvalue weighted by Gasteiger charge is -2.28. The van der Waals surface area contributed by atoms with E-state index in [-0.39, 0.29) is 6.61 Å². The standard InChI is InChI=1S/C16H22O2/c17-7-6-12-2-1-3-15(9-12)18-16-10-13-4-5-14(8-13)11-16/h1-3,9,13-14,16-17H,4-8,10-11H2/t13-,14+,16-. The molecule has 0 unspecified atom stereocenters. The Morgan fingerprint density at radius 1 is 1.11 bits per heavy atom. The summed E-state index contributed by atoms with van der Waals surface area (Å²) in [7, 11) is 0. The first-order chi connectivity index (χ1) is 8.83. The Balaban J connectivity index is 1.63. The van der Waals surface area contributed by atoms with Crippen LogP contribution in [0.15, 0.2) is 24.3 Å². The van der Waals surface area contributed by atoms with Gasteiger partial charge in [0.2, 0.25) is 0 Å². The number of aliphatic hydroxyl groups is 1. The molecule has 3 atom stereocenters. The summed E-state index contributed by atoms with van der Waals surface area (Å²) in [5, 5.41) is 8.97. The molecule has 98 valence electrons. The van der Waals surface area contributed by atoms with E-state index in [4.69, 9.17) is 9.84 Å². The molecule has 0 aliphatic heterocycles. The third-order valence-electron chi connectivity index (χ3n) is 4.44. The average molecular weight is 246 g/mol. The van der Waals surface area contributed by atoms with Crippen molar-refractivity contribution in [1.29, 1.82) is 0 Å². The Labute approximate surface area is 109 Å². The zero-order valence-corrected chi connectivity index (χ0v) is 10.8. The lowest BCUT2D eigenvalue weighted by Crippen LogP contribution is -2.26. The van der Waals surface area contributed by atoms with Crippen molar-refractivity contribution in [2.75, 3.05) is 6.61 Å². The molecule has 2 aliphatic carbocycles. The van der Waals surface area contributed by atoms with Crippen molar-refractivity contribution in [3.63, 3.8) is 0 Å². The second-order valence-electron chi connectivity index (χ2n) is 5.88. The van der Waals surface area contributed by atoms with Crippen molar-refractivity contribution >= 4 is 0 Å². The molecule has 18 heavy (non-hydrogen) atoms. The van der Waals surface area contributed by atoms with Crippen LogP contribution in [0.2, 0.25) is 0 Å². The van der Waals surface area contributed by atoms with Gasteiger partial charge >= 0.3 is 0 Å². The molecule has 0 radical (unpaired) electrons. The number of hydrogen-bond acceptors (Lipinski definition) is 2. The van der Waals surface area contributed by atoms with E-state index in [1.807, 2.05) is 18.2 Å². The summed E-state index contributed by atoms with van der Waals surface area (Å²) in [5.41, 5.74) is 1.16. The molecule has 0 amide bonds. The van der Waals surface area contributed by atoms with E-state index in [9.17, 15) is 0 Å². The zero-order chi connectivity index (χ0) is 12.4. The van der Waals surface area contributed by atoms with Gasteiger partial charge in [-0.05, 0) is 55.2 Å². The van der Waals surface area contributed by atoms with Gasteiger partial charge in [-0.15, -0.1) is 0 Å². The van der Waals surface area contributed by atoms with E-state index in [1.165, 1.54) is 32.1 Å². The molecule has 2 aliphatic rings. The lowest BCUT2D eigenvalue weighted by molar-refractivity contribution is 0.119. The minimum absolute atomic E-state index is 0.205. The van der Waals surface area contributed by atoms with Crippen LogP contribution in [-0.4, -0.2) is 17.8 Å². The molecule has 0 spiro atoms. The maximum Gasteiger partial charge on any atom is 0.119 e. The number of benzene rings is 1. The van der Waals surface area contributed by atoms with Gasteiger partial charge in [-0.2, -0.15) is 0 Å². The quantitative estimate of drug-likeness (QED) is 0.884. The van der Waals surface area contributed by atoms with Crippen LogP contribution in [0.1, 0.15) is 37.7 Å². The summed E-state index contributed by atoms with van der Waals surface area (Å²) in [6.45, 7) is 0.205. The fraction of sp³-hybridized carbons (Fsp3) is 0.625. The van der Waals surface area contributed by atoms with E-state index in [0.717, 1.165) is 23.1 Å². The van der Waals surface area contributed by atoms with E-state index in [2.05, 4.69) is 6.07 Å². The summed E-state index contributed by atoms with van der Waals surface area (Å²) < 4.78 is 6.14. The average Bonchev–Trinajstić information content (AvgIpc) is 2.70. The van der Waals surface area contributed by atoms with Gasteiger partial charge in [0.05, 0.1) is 6.10 Å². The van der Waals surface area contributed by atoms with Crippen LogP contribution in [0.5, 0.6) is 5.75 Å². The summed E-state index contributed by atoms with van der Waals surface area (Å²) in [6, 6.07) is 8.19. The van der Waals surface area contributed by atoms with Crippen LogP contribution < -0.4 is 4.74 Å². The highest BCUT2D eigenvalue weighted by Gasteiger charge is 2.34. The summed E-state index contributed by atoms with van der Waals surface area (Å²) >= 11 is 0. The number of ether oxygens (including phenoxy) is 1. The second-order valence-corrected chi connectivity index (χ2v) is 5.88. The molecule has 2 nitrogen and oxygen atoms in total. The third-order valence-corrected chi connectivity index (χ3v) is 4.44. The predicted octanol–water partition coefficient (Wildman–Crippen LogP) is 3.18. The lowest BCUT2D eigenvalue weighted by atomic mass is 9.87. The van der Waals surface area contributed by atoms with Crippen LogP contribution >= 0.6 is 0 Å². The van der Waals surface area contributed by atoms with Crippen LogP contribution in [0.4, 0.5) is 0 Å². The van der Waals surface area contributed by atoms with Crippen LogP contribution in [0.25, 0.3) is 0 Å². The van der Waals surface area contributed by atoms with Crippen molar-refractivity contribution in [3.05, 3.63) is 29.8 Å². The number of fused-ring (bicyclic) bond motifs is 2. The summed E-state index contributed by atoms with van der Waals surface area (Å²) in [4.78, 5) is 0. The normalized spacial score (nSPS) is 30.4. The molecule has 2 saturated carbocycles. The van der Waals surface area contributed by atoms with Gasteiger partial charge in [0.1, 0.15) is 5.75 Å². The highest BCUT2D eigenvalue weighted by molar-refractivity contribution is 5.28. The molecule has 2 fully saturated rings. The summed E-state index contributed by atoms with van der Waals surface area (Å²) in [5.74, 6) is 2.80. The molecule has 1 aromatic rings. The molecular formula is C16H22O2. The smallest absolute Gasteiger partial charge is 0.119 e. The maximum absolute atomic E-state index is 8.97. The molecule has 1 aromatic carbocycles. The minimum atomic E-state index is 0.205. The van der Waals surface area contributed by atoms with Gasteiger partial charge in [0, 0.05) is 6.61 Å². The van der Waals surface area contributed by atoms with E-state index >= 15 is 0 Å². The highest BCUT2D eigenvalue weighted by Crippen LogP contribution is 2.43. The Bertz CT molecular complexity index is 390. The maximum atomic E-state index is 8.97. The Hall–Kier alpha value is -1.02. The van der Waals surface area contributed by atoms with Crippen LogP contribution in [0, 0.1) is 11.8 Å². The molecular weight excluding hydrogens is 224 g/mol. The molecule has 1 N–H and O–H groups in total. The first kappa shape index (κ1) is 12.0. The fourth-order valence-corrected chi connectivity index (χ4v) is 3.64. The first-order valence-corrected chi connectivity index (χ1v) is 7.20. The second kappa shape index (κ2) is 5.31. The highest BCUT2D eigenvalue weighted by atomic mass is 16.5. The van der Waals surface area contributed by atoms with Gasteiger partial charge in [-0.25, -0.2) is 0 Å². The molecule has 0 aromatic heterocycles.